The Balaban J connectivity index is 0.00000158. The van der Waals surface area contributed by atoms with E-state index in [9.17, 15) is 14.0 Å². The lowest BCUT2D eigenvalue weighted by molar-refractivity contribution is -0.120. The topological polar surface area (TPSA) is 78.8 Å². The summed E-state index contributed by atoms with van der Waals surface area (Å²) in [7, 11) is 1.00. The quantitative estimate of drug-likeness (QED) is 0.788. The van der Waals surface area contributed by atoms with E-state index in [4.69, 9.17) is 5.11 Å². The van der Waals surface area contributed by atoms with E-state index in [1.807, 2.05) is 39.0 Å². The highest BCUT2D eigenvalue weighted by Gasteiger charge is 2.18. The van der Waals surface area contributed by atoms with Crippen LogP contribution < -0.4 is 5.43 Å². The van der Waals surface area contributed by atoms with Crippen LogP contribution in [0, 0.1) is 5.82 Å². The second-order valence-corrected chi connectivity index (χ2v) is 5.13. The Bertz CT molecular complexity index is 750. The Morgan fingerprint density at radius 2 is 2.00 bits per heavy atom. The van der Waals surface area contributed by atoms with Crippen molar-refractivity contribution in [1.29, 1.82) is 0 Å². The highest BCUT2D eigenvalue weighted by molar-refractivity contribution is 6.07. The summed E-state index contributed by atoms with van der Waals surface area (Å²) >= 11 is 0. The van der Waals surface area contributed by atoms with E-state index in [0.29, 0.717) is 24.0 Å². The van der Waals surface area contributed by atoms with Gasteiger partial charge in [0.2, 0.25) is 5.91 Å². The number of hydrazone groups is 1. The van der Waals surface area contributed by atoms with Crippen LogP contribution in [-0.2, 0) is 11.2 Å². The first-order chi connectivity index (χ1) is 13.0. The van der Waals surface area contributed by atoms with E-state index in [1.54, 1.807) is 6.07 Å². The fraction of sp³-hybridized carbons (Fsp3) is 0.286. The monoisotopic (exact) mass is 374 g/mol. The zero-order chi connectivity index (χ0) is 20.8. The Labute approximate surface area is 160 Å². The molecule has 0 atom stereocenters. The minimum atomic E-state index is -0.561. The number of aliphatic hydroxyl groups is 1. The smallest absolute Gasteiger partial charge is 0.244 e. The maximum atomic E-state index is 13.4. The van der Waals surface area contributed by atoms with Crippen LogP contribution in [0.2, 0.25) is 0 Å². The molecule has 0 fully saturated rings. The summed E-state index contributed by atoms with van der Waals surface area (Å²) in [6.45, 7) is 9.82. The van der Waals surface area contributed by atoms with E-state index in [2.05, 4.69) is 17.1 Å². The maximum Gasteiger partial charge on any atom is 0.244 e. The number of amides is 1. The molecule has 2 rings (SSSR count). The molecule has 0 aliphatic carbocycles. The molecule has 0 saturated carbocycles. The molecule has 1 aromatic rings. The maximum absolute atomic E-state index is 13.4. The van der Waals surface area contributed by atoms with Gasteiger partial charge in [-0.3, -0.25) is 9.59 Å². The summed E-state index contributed by atoms with van der Waals surface area (Å²) in [6.07, 6.45) is 6.54. The standard InChI is InChI=1S/C18H17FN2O2.C2H6.CH4O/c1-3-4-5-15-12(2)8-18(23)21-20-17(15)10-13-6-7-16(19)14(9-13)11-22;2*1-2/h3-7,9,11H,2,8,10H2,1H3,(H,21,23);1-2H3;2H,1H3/b4-3-,15-5+;;. The molecule has 27 heavy (non-hydrogen) atoms. The number of hydrogen-bond acceptors (Lipinski definition) is 4. The lowest BCUT2D eigenvalue weighted by atomic mass is 9.94. The predicted molar refractivity (Wildman–Crippen MR) is 107 cm³/mol. The molecule has 0 bridgehead atoms. The van der Waals surface area contributed by atoms with Gasteiger partial charge in [-0.1, -0.05) is 44.7 Å². The number of aliphatic hydroxyl groups excluding tert-OH is 1. The number of nitrogens with one attached hydrogen (secondary N) is 1. The van der Waals surface area contributed by atoms with Crippen LogP contribution in [0.25, 0.3) is 0 Å². The van der Waals surface area contributed by atoms with Gasteiger partial charge in [-0.15, -0.1) is 0 Å². The van der Waals surface area contributed by atoms with Crippen molar-refractivity contribution in [3.05, 3.63) is 71.1 Å². The SMILES string of the molecule is C=C1CC(=O)NN=C(Cc2ccc(F)c(C=O)c2)/C1=C/C=C\C.CC.CO. The summed E-state index contributed by atoms with van der Waals surface area (Å²) in [5.41, 5.74) is 5.23. The molecular weight excluding hydrogens is 347 g/mol. The van der Waals surface area contributed by atoms with Crippen molar-refractivity contribution in [3.63, 3.8) is 0 Å². The highest BCUT2D eigenvalue weighted by atomic mass is 19.1. The van der Waals surface area contributed by atoms with Crippen molar-refractivity contribution in [3.8, 4) is 0 Å². The zero-order valence-electron chi connectivity index (χ0n) is 16.3. The number of allylic oxidation sites excluding steroid dienone is 4. The molecule has 2 N–H and O–H groups in total. The molecule has 1 aliphatic rings. The number of carbonyl (C=O) groups is 2. The molecular formula is C21H27FN2O3. The molecule has 1 heterocycles. The molecule has 1 aromatic carbocycles. The predicted octanol–water partition coefficient (Wildman–Crippen LogP) is 3.75. The second-order valence-electron chi connectivity index (χ2n) is 5.13. The molecule has 0 aromatic heterocycles. The first-order valence-corrected chi connectivity index (χ1v) is 8.60. The normalized spacial score (nSPS) is 15.0. The zero-order valence-corrected chi connectivity index (χ0v) is 16.3. The Morgan fingerprint density at radius 3 is 2.59 bits per heavy atom. The van der Waals surface area contributed by atoms with Crippen LogP contribution in [0.5, 0.6) is 0 Å². The van der Waals surface area contributed by atoms with Crippen LogP contribution in [0.1, 0.15) is 43.1 Å². The van der Waals surface area contributed by atoms with Gasteiger partial charge in [-0.25, -0.2) is 9.82 Å². The van der Waals surface area contributed by atoms with Crippen molar-refractivity contribution in [2.75, 3.05) is 7.11 Å². The Hall–Kier alpha value is -2.86. The summed E-state index contributed by atoms with van der Waals surface area (Å²) in [5.74, 6) is -0.794. The van der Waals surface area contributed by atoms with E-state index >= 15 is 0 Å². The minimum Gasteiger partial charge on any atom is -0.400 e. The second kappa shape index (κ2) is 13.4. The van der Waals surface area contributed by atoms with Gasteiger partial charge in [0, 0.05) is 19.1 Å². The van der Waals surface area contributed by atoms with Crippen molar-refractivity contribution < 1.29 is 19.1 Å². The van der Waals surface area contributed by atoms with Gasteiger partial charge in [0.05, 0.1) is 17.7 Å². The van der Waals surface area contributed by atoms with Gasteiger partial charge in [-0.2, -0.15) is 5.10 Å². The largest absolute Gasteiger partial charge is 0.400 e. The third kappa shape index (κ3) is 7.50. The third-order valence-electron chi connectivity index (χ3n) is 3.40. The van der Waals surface area contributed by atoms with Gasteiger partial charge in [0.25, 0.3) is 0 Å². The Kier molecular flexibility index (Phi) is 11.9. The number of rotatable bonds is 4. The van der Waals surface area contributed by atoms with Crippen molar-refractivity contribution in [2.24, 2.45) is 5.10 Å². The molecule has 1 aliphatic heterocycles. The van der Waals surface area contributed by atoms with E-state index in [1.165, 1.54) is 12.1 Å². The van der Waals surface area contributed by atoms with Crippen LogP contribution in [-0.4, -0.2) is 30.1 Å². The first kappa shape index (κ1) is 24.1. The van der Waals surface area contributed by atoms with Crippen molar-refractivity contribution in [1.82, 2.24) is 5.43 Å². The van der Waals surface area contributed by atoms with Gasteiger partial charge in [0.1, 0.15) is 5.82 Å². The van der Waals surface area contributed by atoms with Crippen molar-refractivity contribution >= 4 is 17.9 Å². The molecule has 1 amide bonds. The highest BCUT2D eigenvalue weighted by Crippen LogP contribution is 2.20. The average Bonchev–Trinajstić information content (AvgIpc) is 2.82. The molecule has 6 heteroatoms. The molecule has 0 saturated heterocycles. The van der Waals surface area contributed by atoms with Gasteiger partial charge < -0.3 is 5.11 Å². The third-order valence-corrected chi connectivity index (χ3v) is 3.40. The lowest BCUT2D eigenvalue weighted by Crippen LogP contribution is -2.16. The van der Waals surface area contributed by atoms with Crippen LogP contribution >= 0.6 is 0 Å². The Morgan fingerprint density at radius 1 is 1.33 bits per heavy atom. The minimum absolute atomic E-state index is 0.00133. The van der Waals surface area contributed by atoms with Crippen LogP contribution in [0.15, 0.2) is 59.3 Å². The van der Waals surface area contributed by atoms with Gasteiger partial charge >= 0.3 is 0 Å². The van der Waals surface area contributed by atoms with Crippen LogP contribution in [0.4, 0.5) is 4.39 Å². The average molecular weight is 374 g/mol. The molecule has 5 nitrogen and oxygen atoms in total. The number of halogens is 1. The number of hydrogen-bond donors (Lipinski definition) is 2. The molecule has 0 spiro atoms. The fourth-order valence-electron chi connectivity index (χ4n) is 2.25. The van der Waals surface area contributed by atoms with E-state index in [-0.39, 0.29) is 17.9 Å². The van der Waals surface area contributed by atoms with Gasteiger partial charge in [0.15, 0.2) is 6.29 Å². The molecule has 0 radical (unpaired) electrons. The molecule has 0 unspecified atom stereocenters. The van der Waals surface area contributed by atoms with Gasteiger partial charge in [-0.05, 0) is 30.2 Å². The van der Waals surface area contributed by atoms with E-state index < -0.39 is 5.82 Å². The fourth-order valence-corrected chi connectivity index (χ4v) is 2.25. The summed E-state index contributed by atoms with van der Waals surface area (Å²) in [4.78, 5) is 22.5. The number of aldehydes is 1. The summed E-state index contributed by atoms with van der Waals surface area (Å²) in [6, 6.07) is 4.32. The van der Waals surface area contributed by atoms with E-state index in [0.717, 1.165) is 18.2 Å². The van der Waals surface area contributed by atoms with Crippen molar-refractivity contribution in [2.45, 2.75) is 33.6 Å². The number of benzene rings is 1. The summed E-state index contributed by atoms with van der Waals surface area (Å²) < 4.78 is 13.4. The first-order valence-electron chi connectivity index (χ1n) is 8.60. The number of carbonyl (C=O) groups excluding carboxylic acids is 2. The summed E-state index contributed by atoms with van der Waals surface area (Å²) in [5, 5.41) is 11.1. The van der Waals surface area contributed by atoms with Crippen LogP contribution in [0.3, 0.4) is 0 Å². The number of nitrogens with zero attached hydrogens (tertiary/aromatic N) is 1. The molecule has 146 valence electrons. The lowest BCUT2D eigenvalue weighted by Gasteiger charge is -2.10.